The van der Waals surface area contributed by atoms with Crippen LogP contribution in [0.15, 0.2) is 18.2 Å². The topological polar surface area (TPSA) is 94.4 Å². The summed E-state index contributed by atoms with van der Waals surface area (Å²) in [5, 5.41) is 26.1. The first kappa shape index (κ1) is 8.51. The van der Waals surface area contributed by atoms with E-state index < -0.39 is 5.97 Å². The van der Waals surface area contributed by atoms with E-state index in [2.05, 4.69) is 0 Å². The first-order valence-corrected chi connectivity index (χ1v) is 3.19. The molecule has 5 nitrogen and oxygen atoms in total. The van der Waals surface area contributed by atoms with Gasteiger partial charge in [0, 0.05) is 12.1 Å². The number of benzene rings is 1. The number of aromatic carboxylic acids is 1. The lowest BCUT2D eigenvalue weighted by Gasteiger charge is -1.98. The smallest absolute Gasteiger partial charge is 0.339 e. The molecule has 0 heterocycles. The Bertz CT molecular complexity index is 310. The molecule has 1 rings (SSSR count). The van der Waals surface area contributed by atoms with E-state index >= 15 is 0 Å². The van der Waals surface area contributed by atoms with Crippen molar-refractivity contribution in [3.63, 3.8) is 0 Å². The van der Waals surface area contributed by atoms with Gasteiger partial charge in [0.05, 0.1) is 0 Å². The maximum Gasteiger partial charge on any atom is 0.339 e. The largest absolute Gasteiger partial charge is 0.507 e. The molecule has 5 N–H and O–H groups in total. The zero-order valence-electron chi connectivity index (χ0n) is 6.06. The van der Waals surface area contributed by atoms with Gasteiger partial charge in [-0.15, -0.1) is 0 Å². The number of phenols is 1. The molecule has 0 spiro atoms. The number of rotatable bonds is 2. The lowest BCUT2D eigenvalue weighted by atomic mass is 10.2. The van der Waals surface area contributed by atoms with Crippen LogP contribution in [-0.2, 0) is 0 Å². The van der Waals surface area contributed by atoms with Gasteiger partial charge in [-0.3, -0.25) is 0 Å². The molecular formula is C7H8NO4+. The molecule has 0 aliphatic heterocycles. The molecule has 0 atom stereocenters. The minimum Gasteiger partial charge on any atom is -0.507 e. The number of quaternary nitrogens is 1. The number of aromatic hydroxyl groups is 1. The van der Waals surface area contributed by atoms with Crippen LogP contribution in [0.1, 0.15) is 10.4 Å². The quantitative estimate of drug-likeness (QED) is 0.278. The summed E-state index contributed by atoms with van der Waals surface area (Å²) in [7, 11) is 0. The summed E-state index contributed by atoms with van der Waals surface area (Å²) in [4.78, 5) is 10.4. The van der Waals surface area contributed by atoms with Crippen molar-refractivity contribution in [1.29, 1.82) is 0 Å². The van der Waals surface area contributed by atoms with Gasteiger partial charge in [0.15, 0.2) is 5.69 Å². The highest BCUT2D eigenvalue weighted by atomic mass is 16.5. The first-order chi connectivity index (χ1) is 5.65. The molecule has 1 aromatic carbocycles. The van der Waals surface area contributed by atoms with E-state index in [0.29, 0.717) is 5.69 Å². The number of hydrogen-bond donors (Lipinski definition) is 4. The summed E-state index contributed by atoms with van der Waals surface area (Å²) in [6, 6.07) is 3.80. The van der Waals surface area contributed by atoms with Crippen molar-refractivity contribution in [1.82, 2.24) is 0 Å². The van der Waals surface area contributed by atoms with E-state index in [4.69, 9.17) is 15.4 Å². The molecule has 12 heavy (non-hydrogen) atoms. The van der Waals surface area contributed by atoms with Crippen LogP contribution in [0, 0.1) is 0 Å². The minimum atomic E-state index is -1.23. The highest BCUT2D eigenvalue weighted by Crippen LogP contribution is 2.18. The molecule has 0 aliphatic rings. The molecule has 0 unspecified atom stereocenters. The minimum absolute atomic E-state index is 0.224. The van der Waals surface area contributed by atoms with Gasteiger partial charge in [-0.05, 0) is 6.07 Å². The summed E-state index contributed by atoms with van der Waals surface area (Å²) >= 11 is 0. The van der Waals surface area contributed by atoms with Crippen LogP contribution in [0.4, 0.5) is 5.69 Å². The van der Waals surface area contributed by atoms with Gasteiger partial charge < -0.3 is 10.2 Å². The molecule has 0 radical (unpaired) electrons. The van der Waals surface area contributed by atoms with Gasteiger partial charge in [0.1, 0.15) is 11.3 Å². The normalized spacial score (nSPS) is 9.75. The van der Waals surface area contributed by atoms with Crippen LogP contribution in [-0.4, -0.2) is 21.4 Å². The Hall–Kier alpha value is -1.59. The number of carboxylic acid groups (broad SMARTS) is 1. The van der Waals surface area contributed by atoms with Crippen LogP contribution in [0.25, 0.3) is 0 Å². The Morgan fingerprint density at radius 2 is 2.08 bits per heavy atom. The molecule has 0 aliphatic carbocycles. The fourth-order valence-corrected chi connectivity index (χ4v) is 0.805. The zero-order chi connectivity index (χ0) is 9.14. The van der Waals surface area contributed by atoms with Crippen molar-refractivity contribution in [2.75, 3.05) is 0 Å². The molecule has 0 fully saturated rings. The van der Waals surface area contributed by atoms with Crippen LogP contribution >= 0.6 is 0 Å². The third kappa shape index (κ3) is 1.52. The molecular weight excluding hydrogens is 162 g/mol. The van der Waals surface area contributed by atoms with Crippen LogP contribution in [0.3, 0.4) is 0 Å². The highest BCUT2D eigenvalue weighted by molar-refractivity contribution is 5.91. The molecule has 0 bridgehead atoms. The van der Waals surface area contributed by atoms with Crippen molar-refractivity contribution >= 4 is 11.7 Å². The molecule has 0 amide bonds. The third-order valence-electron chi connectivity index (χ3n) is 1.40. The summed E-state index contributed by atoms with van der Waals surface area (Å²) in [5.41, 5.74) is 0.884. The maximum atomic E-state index is 10.4. The number of hydrogen-bond acceptors (Lipinski definition) is 3. The summed E-state index contributed by atoms with van der Waals surface area (Å²) in [6.07, 6.45) is 0. The lowest BCUT2D eigenvalue weighted by molar-refractivity contribution is -0.825. The fraction of sp³-hybridized carbons (Fsp3) is 0. The van der Waals surface area contributed by atoms with Gasteiger partial charge in [-0.2, -0.15) is 5.48 Å². The second-order valence-electron chi connectivity index (χ2n) is 2.21. The predicted octanol–water partition coefficient (Wildman–Crippen LogP) is -0.326. The number of carboxylic acids is 1. The van der Waals surface area contributed by atoms with Gasteiger partial charge in [-0.1, -0.05) is 0 Å². The Balaban J connectivity index is 3.17. The first-order valence-electron chi connectivity index (χ1n) is 3.19. The maximum absolute atomic E-state index is 10.4. The van der Waals surface area contributed by atoms with Crippen LogP contribution < -0.4 is 5.48 Å². The average molecular weight is 170 g/mol. The van der Waals surface area contributed by atoms with Gasteiger partial charge in [-0.25, -0.2) is 10.0 Å². The van der Waals surface area contributed by atoms with E-state index in [9.17, 15) is 4.79 Å². The van der Waals surface area contributed by atoms with Gasteiger partial charge in [0.2, 0.25) is 0 Å². The summed E-state index contributed by atoms with van der Waals surface area (Å²) in [6.45, 7) is 0. The monoisotopic (exact) mass is 170 g/mol. The van der Waals surface area contributed by atoms with Crippen molar-refractivity contribution in [2.45, 2.75) is 0 Å². The Labute approximate surface area is 67.8 Å². The number of carbonyl (C=O) groups is 1. The Morgan fingerprint density at radius 1 is 1.42 bits per heavy atom. The van der Waals surface area contributed by atoms with Crippen LogP contribution in [0.5, 0.6) is 5.75 Å². The van der Waals surface area contributed by atoms with Crippen molar-refractivity contribution in [2.24, 2.45) is 0 Å². The lowest BCUT2D eigenvalue weighted by Crippen LogP contribution is -2.73. The standard InChI is InChI=1S/C7H7NO4/c9-6-2-1-4(8-12)3-5(6)7(10)11/h1-3,8-9,12H,(H,10,11)/p+1. The number of nitrogens with two attached hydrogens (primary N) is 1. The Morgan fingerprint density at radius 3 is 2.58 bits per heavy atom. The average Bonchev–Trinajstić information content (AvgIpc) is 2.05. The van der Waals surface area contributed by atoms with E-state index in [0.717, 1.165) is 5.48 Å². The van der Waals surface area contributed by atoms with Gasteiger partial charge >= 0.3 is 5.97 Å². The highest BCUT2D eigenvalue weighted by Gasteiger charge is 2.11. The molecule has 0 saturated heterocycles. The second-order valence-corrected chi connectivity index (χ2v) is 2.21. The van der Waals surface area contributed by atoms with Crippen molar-refractivity contribution in [3.05, 3.63) is 23.8 Å². The summed E-state index contributed by atoms with van der Waals surface area (Å²) < 4.78 is 0. The molecule has 1 aromatic rings. The fourth-order valence-electron chi connectivity index (χ4n) is 0.805. The van der Waals surface area contributed by atoms with Gasteiger partial charge in [0.25, 0.3) is 0 Å². The van der Waals surface area contributed by atoms with E-state index in [1.54, 1.807) is 0 Å². The molecule has 64 valence electrons. The molecule has 0 saturated carbocycles. The zero-order valence-corrected chi connectivity index (χ0v) is 6.06. The van der Waals surface area contributed by atoms with Crippen molar-refractivity contribution in [3.8, 4) is 5.75 Å². The predicted molar refractivity (Wildman–Crippen MR) is 38.4 cm³/mol. The van der Waals surface area contributed by atoms with E-state index in [1.165, 1.54) is 18.2 Å². The molecule has 5 heteroatoms. The molecule has 0 aromatic heterocycles. The second kappa shape index (κ2) is 3.21. The van der Waals surface area contributed by atoms with Crippen LogP contribution in [0.2, 0.25) is 0 Å². The summed E-state index contributed by atoms with van der Waals surface area (Å²) in [5.74, 6) is -1.54. The van der Waals surface area contributed by atoms with Crippen molar-refractivity contribution < 1.29 is 25.7 Å². The van der Waals surface area contributed by atoms with E-state index in [1.807, 2.05) is 0 Å². The SMILES string of the molecule is O=C(O)c1cc([NH2+]O)ccc1O. The van der Waals surface area contributed by atoms with E-state index in [-0.39, 0.29) is 11.3 Å². The Kier molecular flexibility index (Phi) is 2.27. The third-order valence-corrected chi connectivity index (χ3v) is 1.40.